The Labute approximate surface area is 330 Å². The van der Waals surface area contributed by atoms with Crippen LogP contribution in [0.25, 0.3) is 0 Å². The van der Waals surface area contributed by atoms with Gasteiger partial charge in [-0.2, -0.15) is 9.36 Å². The normalized spacial score (nSPS) is 16.8. The van der Waals surface area contributed by atoms with Gasteiger partial charge in [0.05, 0.1) is 7.11 Å². The average Bonchev–Trinajstić information content (AvgIpc) is 3.71. The summed E-state index contributed by atoms with van der Waals surface area (Å²) < 4.78 is 15.3. The number of oxime groups is 1. The van der Waals surface area contributed by atoms with Crippen molar-refractivity contribution in [1.29, 1.82) is 0 Å². The molecule has 55 heavy (non-hydrogen) atoms. The lowest BCUT2D eigenvalue weighted by Crippen LogP contribution is -2.71. The van der Waals surface area contributed by atoms with Crippen molar-refractivity contribution in [2.75, 3.05) is 31.2 Å². The van der Waals surface area contributed by atoms with Crippen LogP contribution in [0, 0.1) is 0 Å². The number of carbonyl (C=O) groups is 3. The number of alkyl halides is 1. The first-order chi connectivity index (χ1) is 26.9. The summed E-state index contributed by atoms with van der Waals surface area (Å²) in [6.07, 6.45) is 0. The number of methoxy groups -OCH3 is 1. The number of halogens is 1. The first-order valence-electron chi connectivity index (χ1n) is 17.1. The average molecular weight is 795 g/mol. The zero-order chi connectivity index (χ0) is 38.4. The number of rotatable bonds is 14. The highest BCUT2D eigenvalue weighted by molar-refractivity contribution is 8.00. The van der Waals surface area contributed by atoms with Gasteiger partial charge in [-0.25, -0.2) is 4.79 Å². The highest BCUT2D eigenvalue weighted by Gasteiger charge is 2.54. The van der Waals surface area contributed by atoms with E-state index in [1.165, 1.54) is 23.8 Å². The van der Waals surface area contributed by atoms with E-state index in [0.717, 1.165) is 33.8 Å². The largest absolute Gasteiger partial charge is 0.497 e. The van der Waals surface area contributed by atoms with E-state index in [0.29, 0.717) is 22.2 Å². The lowest BCUT2D eigenvalue weighted by molar-refractivity contribution is -0.153. The molecule has 2 N–H and O–H groups in total. The fraction of sp³-hybridized carbons (Fsp3) is 0.200. The number of esters is 1. The number of carbonyl (C=O) groups excluding carboxylic acids is 3. The summed E-state index contributed by atoms with van der Waals surface area (Å²) >= 11 is 8.65. The van der Waals surface area contributed by atoms with E-state index in [-0.39, 0.29) is 29.7 Å². The number of ether oxygens (including phenoxy) is 2. The first-order valence-corrected chi connectivity index (χ1v) is 19.5. The second kappa shape index (κ2) is 16.8. The van der Waals surface area contributed by atoms with Crippen LogP contribution in [0.3, 0.4) is 0 Å². The van der Waals surface area contributed by atoms with Gasteiger partial charge in [0.2, 0.25) is 16.7 Å². The summed E-state index contributed by atoms with van der Waals surface area (Å²) in [6.45, 7) is -0.0145. The molecule has 12 nitrogen and oxygen atoms in total. The van der Waals surface area contributed by atoms with Crippen LogP contribution in [0.5, 0.6) is 5.75 Å². The number of fused-ring (bicyclic) bond motifs is 1. The lowest BCUT2D eigenvalue weighted by Gasteiger charge is -2.49. The van der Waals surface area contributed by atoms with Gasteiger partial charge in [0.1, 0.15) is 42.1 Å². The molecule has 15 heteroatoms. The van der Waals surface area contributed by atoms with Gasteiger partial charge in [-0.3, -0.25) is 14.5 Å². The molecule has 0 radical (unpaired) electrons. The standard InChI is InChI=1S/C40H35ClN6O6S2/c1-51-30-20-18-25(19-21-30)23-53-38(50)33-26(22-41)24-54-37-32(36(49)47(33)37)42-35(48)31(45-52-2)34-43-39(55-46-34)44-40(27-12-6-3-7-13-27,28-14-8-4-9-15-28)29-16-10-5-11-17-29/h3-21,32,37H,22-24H2,1-2H3,(H,42,48)(H,43,44,46)/b45-31-/t32-,37+/m1/s1. The number of anilines is 1. The molecule has 7 rings (SSSR count). The number of nitrogens with zero attached hydrogens (tertiary/aromatic N) is 4. The SMILES string of the molecule is CO/N=C(\C(=O)N[C@@H]1C(=O)N2C(C(=O)OCc3ccc(OC)cc3)=C(CCl)CS[C@@H]12)c1nsc(NC(c2ccccc2)(c2ccccc2)c2ccccc2)n1. The number of benzene rings is 4. The van der Waals surface area contributed by atoms with Crippen molar-refractivity contribution in [2.24, 2.45) is 5.16 Å². The quantitative estimate of drug-likeness (QED) is 0.0346. The minimum absolute atomic E-state index is 0.00183. The Morgan fingerprint density at radius 2 is 1.51 bits per heavy atom. The van der Waals surface area contributed by atoms with E-state index < -0.39 is 34.7 Å². The van der Waals surface area contributed by atoms with E-state index in [4.69, 9.17) is 30.9 Å². The maximum atomic E-state index is 13.8. The highest BCUT2D eigenvalue weighted by atomic mass is 35.5. The van der Waals surface area contributed by atoms with E-state index in [1.54, 1.807) is 31.4 Å². The third-order valence-corrected chi connectivity index (χ3v) is 11.5. The smallest absolute Gasteiger partial charge is 0.355 e. The van der Waals surface area contributed by atoms with E-state index in [1.807, 2.05) is 91.0 Å². The maximum Gasteiger partial charge on any atom is 0.355 e. The number of nitrogens with one attached hydrogen (secondary N) is 2. The molecule has 1 saturated heterocycles. The molecular weight excluding hydrogens is 760 g/mol. The summed E-state index contributed by atoms with van der Waals surface area (Å²) in [4.78, 5) is 51.9. The number of hydrogen-bond donors (Lipinski definition) is 2. The Balaban J connectivity index is 1.10. The van der Waals surface area contributed by atoms with Gasteiger partial charge < -0.3 is 24.9 Å². The molecule has 0 unspecified atom stereocenters. The maximum absolute atomic E-state index is 13.8. The second-order valence-corrected chi connectivity index (χ2v) is 14.5. The van der Waals surface area contributed by atoms with Gasteiger partial charge in [-0.05, 0) is 40.0 Å². The molecule has 0 aliphatic carbocycles. The Morgan fingerprint density at radius 3 is 2.05 bits per heavy atom. The molecule has 2 amide bonds. The molecule has 2 atom stereocenters. The molecule has 3 heterocycles. The van der Waals surface area contributed by atoms with Crippen molar-refractivity contribution in [3.63, 3.8) is 0 Å². The summed E-state index contributed by atoms with van der Waals surface area (Å²) in [7, 11) is 2.87. The topological polar surface area (TPSA) is 144 Å². The summed E-state index contributed by atoms with van der Waals surface area (Å²) in [5.74, 6) is -0.821. The Hall–Kier alpha value is -5.70. The molecule has 0 saturated carbocycles. The molecule has 2 aliphatic heterocycles. The van der Waals surface area contributed by atoms with Crippen LogP contribution in [0.1, 0.15) is 28.1 Å². The first kappa shape index (κ1) is 37.6. The van der Waals surface area contributed by atoms with Crippen molar-refractivity contribution >= 4 is 63.5 Å². The minimum atomic E-state index is -0.973. The van der Waals surface area contributed by atoms with Crippen LogP contribution < -0.4 is 15.4 Å². The van der Waals surface area contributed by atoms with Gasteiger partial charge in [-0.1, -0.05) is 108 Å². The van der Waals surface area contributed by atoms with Crippen LogP contribution in [0.4, 0.5) is 5.13 Å². The van der Waals surface area contributed by atoms with Gasteiger partial charge in [0, 0.05) is 23.2 Å². The third kappa shape index (κ3) is 7.53. The molecule has 280 valence electrons. The Kier molecular flexibility index (Phi) is 11.5. The number of hydrogen-bond acceptors (Lipinski definition) is 12. The number of thioether (sulfide) groups is 1. The number of β-lactam (4-membered cyclic amide) rings is 1. The molecule has 0 bridgehead atoms. The van der Waals surface area contributed by atoms with Gasteiger partial charge in [-0.15, -0.1) is 23.4 Å². The van der Waals surface area contributed by atoms with Gasteiger partial charge in [0.15, 0.2) is 0 Å². The minimum Gasteiger partial charge on any atom is -0.497 e. The van der Waals surface area contributed by atoms with Gasteiger partial charge >= 0.3 is 5.97 Å². The van der Waals surface area contributed by atoms with Crippen LogP contribution in [0.15, 0.2) is 132 Å². The Bertz CT molecular complexity index is 2120. The van der Waals surface area contributed by atoms with Crippen molar-refractivity contribution in [1.82, 2.24) is 19.6 Å². The molecule has 5 aromatic rings. The van der Waals surface area contributed by atoms with Crippen molar-refractivity contribution < 1.29 is 28.7 Å². The zero-order valence-electron chi connectivity index (χ0n) is 29.7. The number of aromatic nitrogens is 2. The molecule has 4 aromatic carbocycles. The molecule has 0 spiro atoms. The fourth-order valence-electron chi connectivity index (χ4n) is 6.51. The van der Waals surface area contributed by atoms with Crippen LogP contribution >= 0.6 is 34.9 Å². The number of amides is 2. The van der Waals surface area contributed by atoms with E-state index in [2.05, 4.69) is 20.2 Å². The van der Waals surface area contributed by atoms with E-state index in [9.17, 15) is 14.4 Å². The predicted octanol–water partition coefficient (Wildman–Crippen LogP) is 5.94. The third-order valence-electron chi connectivity index (χ3n) is 9.17. The van der Waals surface area contributed by atoms with E-state index >= 15 is 0 Å². The van der Waals surface area contributed by atoms with Crippen molar-refractivity contribution in [3.05, 3.63) is 155 Å². The summed E-state index contributed by atoms with van der Waals surface area (Å²) in [5, 5.41) is 10.2. The van der Waals surface area contributed by atoms with Crippen molar-refractivity contribution in [2.45, 2.75) is 23.6 Å². The Morgan fingerprint density at radius 1 is 0.909 bits per heavy atom. The summed E-state index contributed by atoms with van der Waals surface area (Å²) in [6, 6.07) is 36.1. The van der Waals surface area contributed by atoms with Crippen molar-refractivity contribution in [3.8, 4) is 5.75 Å². The molecule has 1 fully saturated rings. The second-order valence-electron chi connectivity index (χ2n) is 12.4. The fourth-order valence-corrected chi connectivity index (χ4v) is 8.82. The van der Waals surface area contributed by atoms with Crippen LogP contribution in [-0.2, 0) is 36.1 Å². The zero-order valence-corrected chi connectivity index (χ0v) is 32.1. The van der Waals surface area contributed by atoms with Crippen LogP contribution in [0.2, 0.25) is 0 Å². The predicted molar refractivity (Wildman–Crippen MR) is 212 cm³/mol. The molecule has 1 aromatic heterocycles. The molecular formula is C40H35ClN6O6S2. The highest BCUT2D eigenvalue weighted by Crippen LogP contribution is 2.42. The lowest BCUT2D eigenvalue weighted by atomic mass is 9.77. The molecule has 2 aliphatic rings. The van der Waals surface area contributed by atoms with Crippen LogP contribution in [-0.4, -0.2) is 75.0 Å². The summed E-state index contributed by atoms with van der Waals surface area (Å²) in [5.41, 5.74) is 3.16. The monoisotopic (exact) mass is 794 g/mol. The van der Waals surface area contributed by atoms with Gasteiger partial charge in [0.25, 0.3) is 11.8 Å².